The van der Waals surface area contributed by atoms with E-state index in [1.165, 1.54) is 11.3 Å². The van der Waals surface area contributed by atoms with Crippen molar-refractivity contribution in [1.29, 1.82) is 0 Å². The molecule has 0 spiro atoms. The number of aromatic nitrogens is 1. The van der Waals surface area contributed by atoms with Crippen molar-refractivity contribution in [3.05, 3.63) is 48.2 Å². The molecule has 1 aliphatic rings. The molecule has 0 aliphatic carbocycles. The Bertz CT molecular complexity index is 870. The molecule has 166 valence electrons. The van der Waals surface area contributed by atoms with Gasteiger partial charge in [0.15, 0.2) is 6.61 Å². The van der Waals surface area contributed by atoms with Gasteiger partial charge in [-0.05, 0) is 37.6 Å². The van der Waals surface area contributed by atoms with Crippen molar-refractivity contribution in [2.75, 3.05) is 49.0 Å². The van der Waals surface area contributed by atoms with E-state index in [2.05, 4.69) is 45.8 Å². The van der Waals surface area contributed by atoms with Crippen molar-refractivity contribution >= 4 is 34.5 Å². The van der Waals surface area contributed by atoms with Crippen LogP contribution >= 0.6 is 11.9 Å². The quantitative estimate of drug-likeness (QED) is 0.487. The van der Waals surface area contributed by atoms with Gasteiger partial charge in [0.25, 0.3) is 0 Å². The van der Waals surface area contributed by atoms with Crippen LogP contribution in [0.1, 0.15) is 18.9 Å². The summed E-state index contributed by atoms with van der Waals surface area (Å²) in [5.74, 6) is -0.200. The molecule has 1 aromatic carbocycles. The van der Waals surface area contributed by atoms with E-state index in [9.17, 15) is 9.59 Å². The van der Waals surface area contributed by atoms with Crippen LogP contribution in [0.3, 0.4) is 0 Å². The van der Waals surface area contributed by atoms with Crippen LogP contribution in [-0.2, 0) is 9.53 Å². The number of rotatable bonds is 8. The van der Waals surface area contributed by atoms with Gasteiger partial charge in [-0.15, -0.1) is 0 Å². The fourth-order valence-corrected chi connectivity index (χ4v) is 3.70. The highest BCUT2D eigenvalue weighted by Gasteiger charge is 2.22. The first-order valence-electron chi connectivity index (χ1n) is 10.3. The second-order valence-corrected chi connectivity index (χ2v) is 7.90. The zero-order chi connectivity index (χ0) is 22.1. The summed E-state index contributed by atoms with van der Waals surface area (Å²) in [6, 6.07) is 11.9. The normalized spacial score (nSPS) is 13.6. The van der Waals surface area contributed by atoms with Gasteiger partial charge in [-0.2, -0.15) is 0 Å². The Morgan fingerprint density at radius 1 is 1.13 bits per heavy atom. The van der Waals surface area contributed by atoms with Crippen LogP contribution in [0.15, 0.2) is 42.6 Å². The summed E-state index contributed by atoms with van der Waals surface area (Å²) in [6.45, 7) is 7.00. The van der Waals surface area contributed by atoms with Gasteiger partial charge in [0, 0.05) is 50.0 Å². The number of hydrogen-bond acceptors (Lipinski definition) is 8. The average Bonchev–Trinajstić information content (AvgIpc) is 2.81. The Morgan fingerprint density at radius 2 is 1.87 bits per heavy atom. The average molecular weight is 445 g/mol. The third kappa shape index (κ3) is 6.78. The number of pyridine rings is 1. The standard InChI is InChI=1S/C22H28N4O4S/c1-3-15-29-20(27)16-30-21-19(5-4-10-23-21)24-31-22(28)26-13-11-25(12-14-26)18-8-6-17(2)7-9-18/h4-10,24H,3,11-16H2,1-2H3. The maximum absolute atomic E-state index is 12.6. The SMILES string of the molecule is CCCOC(=O)COc1ncccc1NSC(=O)N1CCN(c2ccc(C)cc2)CC1. The number of esters is 1. The lowest BCUT2D eigenvalue weighted by molar-refractivity contribution is -0.146. The van der Waals surface area contributed by atoms with E-state index >= 15 is 0 Å². The fraction of sp³-hybridized carbons (Fsp3) is 0.409. The molecule has 2 heterocycles. The molecule has 0 radical (unpaired) electrons. The highest BCUT2D eigenvalue weighted by molar-refractivity contribution is 8.14. The lowest BCUT2D eigenvalue weighted by atomic mass is 10.2. The van der Waals surface area contributed by atoms with Crippen molar-refractivity contribution in [1.82, 2.24) is 9.88 Å². The zero-order valence-electron chi connectivity index (χ0n) is 17.9. The number of nitrogens with one attached hydrogen (secondary N) is 1. The number of aryl methyl sites for hydroxylation is 1. The molecule has 1 aliphatic heterocycles. The summed E-state index contributed by atoms with van der Waals surface area (Å²) in [7, 11) is 0. The van der Waals surface area contributed by atoms with Crippen LogP contribution < -0.4 is 14.4 Å². The summed E-state index contributed by atoms with van der Waals surface area (Å²) >= 11 is 0.980. The maximum Gasteiger partial charge on any atom is 0.344 e. The Hall–Kier alpha value is -2.94. The largest absolute Gasteiger partial charge is 0.464 e. The second-order valence-electron chi connectivity index (χ2n) is 7.14. The molecule has 1 fully saturated rings. The van der Waals surface area contributed by atoms with Gasteiger partial charge < -0.3 is 24.0 Å². The molecular weight excluding hydrogens is 416 g/mol. The Balaban J connectivity index is 1.46. The summed E-state index contributed by atoms with van der Waals surface area (Å²) in [4.78, 5) is 32.5. The fourth-order valence-electron chi connectivity index (χ4n) is 3.03. The van der Waals surface area contributed by atoms with E-state index in [-0.39, 0.29) is 17.7 Å². The van der Waals surface area contributed by atoms with Crippen LogP contribution in [0.25, 0.3) is 0 Å². The first-order valence-corrected chi connectivity index (χ1v) is 11.1. The molecule has 0 bridgehead atoms. The zero-order valence-corrected chi connectivity index (χ0v) is 18.7. The molecule has 1 amide bonds. The molecule has 0 unspecified atom stereocenters. The van der Waals surface area contributed by atoms with Gasteiger partial charge >= 0.3 is 11.2 Å². The number of piperazine rings is 1. The molecule has 1 saturated heterocycles. The van der Waals surface area contributed by atoms with Gasteiger partial charge in [-0.1, -0.05) is 24.6 Å². The van der Waals surface area contributed by atoms with Crippen molar-refractivity contribution in [3.8, 4) is 5.88 Å². The van der Waals surface area contributed by atoms with Crippen molar-refractivity contribution < 1.29 is 19.1 Å². The highest BCUT2D eigenvalue weighted by Crippen LogP contribution is 2.25. The van der Waals surface area contributed by atoms with Gasteiger partial charge in [-0.25, -0.2) is 9.78 Å². The van der Waals surface area contributed by atoms with Gasteiger partial charge in [0.1, 0.15) is 5.69 Å². The predicted molar refractivity (Wildman–Crippen MR) is 123 cm³/mol. The number of benzene rings is 1. The molecule has 31 heavy (non-hydrogen) atoms. The van der Waals surface area contributed by atoms with Crippen molar-refractivity contribution in [2.24, 2.45) is 0 Å². The van der Waals surface area contributed by atoms with Crippen molar-refractivity contribution in [2.45, 2.75) is 20.3 Å². The molecule has 0 atom stereocenters. The molecule has 9 heteroatoms. The highest BCUT2D eigenvalue weighted by atomic mass is 32.2. The minimum Gasteiger partial charge on any atom is -0.464 e. The van der Waals surface area contributed by atoms with Crippen LogP contribution in [0, 0.1) is 6.92 Å². The molecule has 0 saturated carbocycles. The molecule has 3 rings (SSSR count). The van der Waals surface area contributed by atoms with E-state index in [0.717, 1.165) is 31.5 Å². The maximum atomic E-state index is 12.6. The minimum atomic E-state index is -0.450. The third-order valence-electron chi connectivity index (χ3n) is 4.75. The smallest absolute Gasteiger partial charge is 0.344 e. The number of amides is 1. The Morgan fingerprint density at radius 3 is 2.58 bits per heavy atom. The molecule has 1 N–H and O–H groups in total. The predicted octanol–water partition coefficient (Wildman–Crippen LogP) is 3.72. The topological polar surface area (TPSA) is 84.0 Å². The summed E-state index contributed by atoms with van der Waals surface area (Å²) in [6.07, 6.45) is 2.31. The van der Waals surface area contributed by atoms with Crippen LogP contribution in [0.2, 0.25) is 0 Å². The minimum absolute atomic E-state index is 0.0688. The molecule has 1 aromatic heterocycles. The monoisotopic (exact) mass is 444 g/mol. The number of anilines is 2. The summed E-state index contributed by atoms with van der Waals surface area (Å²) in [5.41, 5.74) is 2.94. The Labute approximate surface area is 187 Å². The van der Waals surface area contributed by atoms with E-state index in [4.69, 9.17) is 9.47 Å². The summed E-state index contributed by atoms with van der Waals surface area (Å²) < 4.78 is 13.4. The van der Waals surface area contributed by atoms with E-state index in [1.54, 1.807) is 18.3 Å². The molecular formula is C22H28N4O4S. The second kappa shape index (κ2) is 11.5. The van der Waals surface area contributed by atoms with Crippen LogP contribution in [0.5, 0.6) is 5.88 Å². The first kappa shape index (κ1) is 22.7. The van der Waals surface area contributed by atoms with E-state index < -0.39 is 5.97 Å². The van der Waals surface area contributed by atoms with Crippen LogP contribution in [-0.4, -0.2) is 60.5 Å². The van der Waals surface area contributed by atoms with Crippen molar-refractivity contribution in [3.63, 3.8) is 0 Å². The lowest BCUT2D eigenvalue weighted by Gasteiger charge is -2.35. The number of carbonyl (C=O) groups excluding carboxylic acids is 2. The Kier molecular flexibility index (Phi) is 8.40. The van der Waals surface area contributed by atoms with E-state index in [0.29, 0.717) is 25.4 Å². The first-order chi connectivity index (χ1) is 15.1. The van der Waals surface area contributed by atoms with Gasteiger partial charge in [0.05, 0.1) is 6.61 Å². The summed E-state index contributed by atoms with van der Waals surface area (Å²) in [5, 5.41) is -0.0688. The third-order valence-corrected chi connectivity index (χ3v) is 5.51. The van der Waals surface area contributed by atoms with E-state index in [1.807, 2.05) is 11.8 Å². The number of nitrogens with zero attached hydrogens (tertiary/aromatic N) is 3. The number of carbonyl (C=O) groups is 2. The molecule has 8 nitrogen and oxygen atoms in total. The number of ether oxygens (including phenoxy) is 2. The van der Waals surface area contributed by atoms with Gasteiger partial charge in [-0.3, -0.25) is 4.79 Å². The molecule has 2 aromatic rings. The van der Waals surface area contributed by atoms with Crippen LogP contribution in [0.4, 0.5) is 16.2 Å². The lowest BCUT2D eigenvalue weighted by Crippen LogP contribution is -2.47. The van der Waals surface area contributed by atoms with Gasteiger partial charge in [0.2, 0.25) is 5.88 Å². The number of hydrogen-bond donors (Lipinski definition) is 1.